The van der Waals surface area contributed by atoms with Gasteiger partial charge in [0.2, 0.25) is 0 Å². The van der Waals surface area contributed by atoms with E-state index in [4.69, 9.17) is 16.9 Å². The third kappa shape index (κ3) is 2.82. The smallest absolute Gasteiger partial charge is 0.0995 e. The normalized spacial score (nSPS) is 9.83. The summed E-state index contributed by atoms with van der Waals surface area (Å²) in [7, 11) is 0. The highest BCUT2D eigenvalue weighted by atomic mass is 35.5. The molecule has 0 amide bonds. The number of nitrogens with zero attached hydrogens (tertiary/aromatic N) is 1. The summed E-state index contributed by atoms with van der Waals surface area (Å²) in [6.07, 6.45) is 0. The number of rotatable bonds is 3. The molecule has 0 unspecified atom stereocenters. The SMILES string of the molecule is Cc1ccc(NCc2ccccc2C#N)cc1Cl. The molecule has 2 nitrogen and oxygen atoms in total. The number of halogens is 1. The minimum absolute atomic E-state index is 0.614. The minimum atomic E-state index is 0.614. The highest BCUT2D eigenvalue weighted by molar-refractivity contribution is 6.31. The third-order valence-electron chi connectivity index (χ3n) is 2.79. The van der Waals surface area contributed by atoms with Gasteiger partial charge in [0.05, 0.1) is 11.6 Å². The first-order valence-electron chi connectivity index (χ1n) is 5.69. The summed E-state index contributed by atoms with van der Waals surface area (Å²) in [4.78, 5) is 0. The van der Waals surface area contributed by atoms with Crippen LogP contribution in [0.5, 0.6) is 0 Å². The molecular formula is C15H13ClN2. The Morgan fingerprint density at radius 2 is 2.00 bits per heavy atom. The fraction of sp³-hybridized carbons (Fsp3) is 0.133. The van der Waals surface area contributed by atoms with Gasteiger partial charge in [-0.2, -0.15) is 5.26 Å². The first-order valence-corrected chi connectivity index (χ1v) is 6.06. The number of aryl methyl sites for hydroxylation is 1. The van der Waals surface area contributed by atoms with Crippen LogP contribution in [0, 0.1) is 18.3 Å². The van der Waals surface area contributed by atoms with Crippen LogP contribution in [0.15, 0.2) is 42.5 Å². The van der Waals surface area contributed by atoms with E-state index in [1.54, 1.807) is 0 Å². The lowest BCUT2D eigenvalue weighted by Crippen LogP contribution is -2.01. The van der Waals surface area contributed by atoms with Gasteiger partial charge in [-0.15, -0.1) is 0 Å². The molecule has 0 aliphatic heterocycles. The Balaban J connectivity index is 2.12. The van der Waals surface area contributed by atoms with Crippen LogP contribution >= 0.6 is 11.6 Å². The Labute approximate surface area is 112 Å². The predicted molar refractivity (Wildman–Crippen MR) is 74.7 cm³/mol. The topological polar surface area (TPSA) is 35.8 Å². The lowest BCUT2D eigenvalue weighted by molar-refractivity contribution is 1.14. The summed E-state index contributed by atoms with van der Waals surface area (Å²) in [5.74, 6) is 0. The zero-order valence-corrected chi connectivity index (χ0v) is 10.8. The van der Waals surface area contributed by atoms with Crippen molar-refractivity contribution in [3.63, 3.8) is 0 Å². The Morgan fingerprint density at radius 3 is 2.72 bits per heavy atom. The molecular weight excluding hydrogens is 244 g/mol. The van der Waals surface area contributed by atoms with E-state index in [1.165, 1.54) is 0 Å². The van der Waals surface area contributed by atoms with Gasteiger partial charge < -0.3 is 5.32 Å². The van der Waals surface area contributed by atoms with Crippen molar-refractivity contribution in [2.75, 3.05) is 5.32 Å². The number of nitriles is 1. The van der Waals surface area contributed by atoms with Gasteiger partial charge in [-0.1, -0.05) is 35.9 Å². The summed E-state index contributed by atoms with van der Waals surface area (Å²) in [6, 6.07) is 15.6. The largest absolute Gasteiger partial charge is 0.381 e. The number of nitrogens with one attached hydrogen (secondary N) is 1. The van der Waals surface area contributed by atoms with E-state index in [0.717, 1.165) is 21.8 Å². The van der Waals surface area contributed by atoms with Gasteiger partial charge in [-0.05, 0) is 36.2 Å². The molecule has 2 rings (SSSR count). The summed E-state index contributed by atoms with van der Waals surface area (Å²) in [5.41, 5.74) is 3.69. The van der Waals surface area contributed by atoms with E-state index in [-0.39, 0.29) is 0 Å². The zero-order valence-electron chi connectivity index (χ0n) is 10.1. The second kappa shape index (κ2) is 5.57. The molecule has 0 fully saturated rings. The van der Waals surface area contributed by atoms with Gasteiger partial charge in [-0.3, -0.25) is 0 Å². The van der Waals surface area contributed by atoms with Crippen molar-refractivity contribution in [1.29, 1.82) is 5.26 Å². The highest BCUT2D eigenvalue weighted by Gasteiger charge is 2.01. The second-order valence-electron chi connectivity index (χ2n) is 4.09. The van der Waals surface area contributed by atoms with Crippen molar-refractivity contribution in [2.24, 2.45) is 0 Å². The van der Waals surface area contributed by atoms with E-state index in [0.29, 0.717) is 12.1 Å². The number of benzene rings is 2. The van der Waals surface area contributed by atoms with E-state index in [9.17, 15) is 0 Å². The van der Waals surface area contributed by atoms with E-state index >= 15 is 0 Å². The molecule has 0 saturated carbocycles. The van der Waals surface area contributed by atoms with Crippen LogP contribution in [0.3, 0.4) is 0 Å². The molecule has 0 atom stereocenters. The van der Waals surface area contributed by atoms with Crippen LogP contribution in [-0.2, 0) is 6.54 Å². The van der Waals surface area contributed by atoms with Crippen LogP contribution in [0.1, 0.15) is 16.7 Å². The molecule has 18 heavy (non-hydrogen) atoms. The average molecular weight is 257 g/mol. The number of anilines is 1. The fourth-order valence-corrected chi connectivity index (χ4v) is 1.86. The maximum Gasteiger partial charge on any atom is 0.0995 e. The van der Waals surface area contributed by atoms with Gasteiger partial charge in [0.25, 0.3) is 0 Å². The third-order valence-corrected chi connectivity index (χ3v) is 3.20. The summed E-state index contributed by atoms with van der Waals surface area (Å²) >= 11 is 6.06. The predicted octanol–water partition coefficient (Wildman–Crippen LogP) is 4.13. The van der Waals surface area contributed by atoms with Crippen LogP contribution in [0.4, 0.5) is 5.69 Å². The van der Waals surface area contributed by atoms with Crippen molar-refractivity contribution < 1.29 is 0 Å². The highest BCUT2D eigenvalue weighted by Crippen LogP contribution is 2.20. The second-order valence-corrected chi connectivity index (χ2v) is 4.49. The molecule has 90 valence electrons. The molecule has 0 bridgehead atoms. The molecule has 3 heteroatoms. The first kappa shape index (κ1) is 12.5. The van der Waals surface area contributed by atoms with E-state index in [2.05, 4.69) is 11.4 Å². The molecule has 0 saturated heterocycles. The maximum atomic E-state index is 9.00. The van der Waals surface area contributed by atoms with Crippen LogP contribution < -0.4 is 5.32 Å². The lowest BCUT2D eigenvalue weighted by Gasteiger charge is -2.09. The van der Waals surface area contributed by atoms with Gasteiger partial charge in [-0.25, -0.2) is 0 Å². The minimum Gasteiger partial charge on any atom is -0.381 e. The summed E-state index contributed by atoms with van der Waals surface area (Å²) < 4.78 is 0. The first-order chi connectivity index (χ1) is 8.70. The Kier molecular flexibility index (Phi) is 3.86. The van der Waals surface area contributed by atoms with Crippen molar-refractivity contribution in [3.05, 3.63) is 64.2 Å². The summed E-state index contributed by atoms with van der Waals surface area (Å²) in [5, 5.41) is 13.0. The van der Waals surface area contributed by atoms with Gasteiger partial charge in [0.15, 0.2) is 0 Å². The van der Waals surface area contributed by atoms with Crippen molar-refractivity contribution in [1.82, 2.24) is 0 Å². The number of hydrogen-bond donors (Lipinski definition) is 1. The average Bonchev–Trinajstić information content (AvgIpc) is 2.40. The van der Waals surface area contributed by atoms with Crippen LogP contribution in [0.25, 0.3) is 0 Å². The van der Waals surface area contributed by atoms with Gasteiger partial charge >= 0.3 is 0 Å². The molecule has 0 aromatic heterocycles. The number of hydrogen-bond acceptors (Lipinski definition) is 2. The van der Waals surface area contributed by atoms with Gasteiger partial charge in [0.1, 0.15) is 0 Å². The molecule has 0 heterocycles. The molecule has 0 aliphatic carbocycles. The lowest BCUT2D eigenvalue weighted by atomic mass is 10.1. The van der Waals surface area contributed by atoms with Crippen LogP contribution in [-0.4, -0.2) is 0 Å². The van der Waals surface area contributed by atoms with Crippen molar-refractivity contribution in [3.8, 4) is 6.07 Å². The Morgan fingerprint density at radius 1 is 1.22 bits per heavy atom. The van der Waals surface area contributed by atoms with Gasteiger partial charge in [0, 0.05) is 17.3 Å². The monoisotopic (exact) mass is 256 g/mol. The standard InChI is InChI=1S/C15H13ClN2/c1-11-6-7-14(8-15(11)16)18-10-13-5-3-2-4-12(13)9-17/h2-8,18H,10H2,1H3. The van der Waals surface area contributed by atoms with Crippen molar-refractivity contribution in [2.45, 2.75) is 13.5 Å². The molecule has 0 spiro atoms. The van der Waals surface area contributed by atoms with E-state index in [1.807, 2.05) is 49.4 Å². The quantitative estimate of drug-likeness (QED) is 0.896. The molecule has 1 N–H and O–H groups in total. The maximum absolute atomic E-state index is 9.00. The fourth-order valence-electron chi connectivity index (χ4n) is 1.68. The molecule has 0 aliphatic rings. The molecule has 2 aromatic rings. The van der Waals surface area contributed by atoms with Crippen LogP contribution in [0.2, 0.25) is 5.02 Å². The molecule has 2 aromatic carbocycles. The zero-order chi connectivity index (χ0) is 13.0. The Bertz CT molecular complexity index is 600. The van der Waals surface area contributed by atoms with E-state index < -0.39 is 0 Å². The Hall–Kier alpha value is -1.98. The molecule has 0 radical (unpaired) electrons. The van der Waals surface area contributed by atoms with Crippen molar-refractivity contribution >= 4 is 17.3 Å². The summed E-state index contributed by atoms with van der Waals surface area (Å²) in [6.45, 7) is 2.58.